The van der Waals surface area contributed by atoms with Crippen LogP contribution in [0.4, 0.5) is 5.69 Å². The van der Waals surface area contributed by atoms with Gasteiger partial charge in [-0.25, -0.2) is 13.1 Å². The number of nitrogens with one attached hydrogen (secondary N) is 1. The van der Waals surface area contributed by atoms with Gasteiger partial charge in [-0.1, -0.05) is 38.5 Å². The number of aromatic nitrogens is 2. The Bertz CT molecular complexity index is 1390. The van der Waals surface area contributed by atoms with Crippen LogP contribution < -0.4 is 5.56 Å². The molecular weight excluding hydrogens is 472 g/mol. The smallest absolute Gasteiger partial charge is 0.282 e. The summed E-state index contributed by atoms with van der Waals surface area (Å²) >= 11 is 0. The molecule has 35 heavy (non-hydrogen) atoms. The summed E-state index contributed by atoms with van der Waals surface area (Å²) < 4.78 is 28.8. The van der Waals surface area contributed by atoms with Crippen LogP contribution >= 0.6 is 0 Å². The molecule has 0 radical (unpaired) electrons. The molecule has 0 aliphatic carbocycles. The van der Waals surface area contributed by atoms with Gasteiger partial charge in [0.1, 0.15) is 5.56 Å². The second-order valence-electron chi connectivity index (χ2n) is 8.54. The molecule has 0 amide bonds. The number of aryl methyl sites for hydroxylation is 1. The third-order valence-electron chi connectivity index (χ3n) is 5.55. The van der Waals surface area contributed by atoms with Gasteiger partial charge in [-0.15, -0.1) is 0 Å². The van der Waals surface area contributed by atoms with Crippen LogP contribution in [-0.4, -0.2) is 46.3 Å². The quantitative estimate of drug-likeness (QED) is 0.256. The summed E-state index contributed by atoms with van der Waals surface area (Å²) in [6.45, 7) is 6.86. The van der Waals surface area contributed by atoms with Crippen molar-refractivity contribution >= 4 is 21.5 Å². The first-order valence-corrected chi connectivity index (χ1v) is 12.6. The number of hydrogen-bond acceptors (Lipinski definition) is 6. The van der Waals surface area contributed by atoms with Crippen molar-refractivity contribution in [2.45, 2.75) is 44.9 Å². The fourth-order valence-electron chi connectivity index (χ4n) is 3.68. The third-order valence-corrected chi connectivity index (χ3v) is 7.40. The molecule has 3 aromatic rings. The van der Waals surface area contributed by atoms with E-state index >= 15 is 0 Å². The maximum atomic E-state index is 13.4. The van der Waals surface area contributed by atoms with Gasteiger partial charge >= 0.3 is 0 Å². The van der Waals surface area contributed by atoms with Gasteiger partial charge < -0.3 is 0 Å². The second-order valence-corrected chi connectivity index (χ2v) is 10.5. The van der Waals surface area contributed by atoms with Gasteiger partial charge in [0.05, 0.1) is 27.7 Å². The van der Waals surface area contributed by atoms with Crippen LogP contribution in [0.25, 0.3) is 5.69 Å². The van der Waals surface area contributed by atoms with E-state index in [2.05, 4.69) is 5.10 Å². The molecule has 11 heteroatoms. The molecule has 186 valence electrons. The lowest BCUT2D eigenvalue weighted by Gasteiger charge is -2.21. The minimum Gasteiger partial charge on any atom is -0.294 e. The number of aromatic amines is 1. The molecule has 0 bridgehead atoms. The van der Waals surface area contributed by atoms with Crippen molar-refractivity contribution < 1.29 is 18.1 Å². The highest BCUT2D eigenvalue weighted by Crippen LogP contribution is 2.22. The van der Waals surface area contributed by atoms with Crippen molar-refractivity contribution in [2.24, 2.45) is 0 Å². The Balaban J connectivity index is 2.00. The number of rotatable bonds is 10. The number of non-ortho nitro benzene ring substituents is 1. The molecule has 10 nitrogen and oxygen atoms in total. The predicted molar refractivity (Wildman–Crippen MR) is 132 cm³/mol. The number of sulfonamides is 1. The minimum atomic E-state index is -4.13. The molecular formula is C24H28N4O6S. The molecule has 1 heterocycles. The van der Waals surface area contributed by atoms with Crippen molar-refractivity contribution in [3.05, 3.63) is 85.8 Å². The van der Waals surface area contributed by atoms with Gasteiger partial charge in [0, 0.05) is 18.7 Å². The zero-order valence-electron chi connectivity index (χ0n) is 20.0. The zero-order chi connectivity index (χ0) is 25.9. The van der Waals surface area contributed by atoms with Gasteiger partial charge in [-0.2, -0.15) is 4.31 Å². The van der Waals surface area contributed by atoms with Gasteiger partial charge in [0.2, 0.25) is 10.0 Å². The SMILES string of the molecule is CCCN(CC(=O)c1c(C(C)C)[nH]n(-c2ccc(C)cc2)c1=O)S(=O)(=O)c1ccc([N+](=O)[O-])cc1. The molecule has 0 aliphatic heterocycles. The summed E-state index contributed by atoms with van der Waals surface area (Å²) in [5.74, 6) is -0.820. The van der Waals surface area contributed by atoms with Crippen LogP contribution in [0.2, 0.25) is 0 Å². The zero-order valence-corrected chi connectivity index (χ0v) is 20.8. The first-order valence-electron chi connectivity index (χ1n) is 11.2. The lowest BCUT2D eigenvalue weighted by Crippen LogP contribution is -2.38. The van der Waals surface area contributed by atoms with E-state index in [4.69, 9.17) is 0 Å². The number of nitro benzene ring substituents is 1. The lowest BCUT2D eigenvalue weighted by atomic mass is 10.0. The van der Waals surface area contributed by atoms with E-state index in [1.54, 1.807) is 19.1 Å². The number of carbonyl (C=O) groups is 1. The lowest BCUT2D eigenvalue weighted by molar-refractivity contribution is -0.384. The molecule has 0 saturated carbocycles. The molecule has 0 aliphatic rings. The Kier molecular flexibility index (Phi) is 7.71. The number of hydrogen-bond donors (Lipinski definition) is 1. The summed E-state index contributed by atoms with van der Waals surface area (Å²) in [6, 6.07) is 11.7. The minimum absolute atomic E-state index is 0.0403. The van der Waals surface area contributed by atoms with Crippen LogP contribution in [0.3, 0.4) is 0 Å². The highest BCUT2D eigenvalue weighted by molar-refractivity contribution is 7.89. The van der Waals surface area contributed by atoms with Crippen LogP contribution in [0.15, 0.2) is 58.2 Å². The van der Waals surface area contributed by atoms with Crippen molar-refractivity contribution in [1.29, 1.82) is 0 Å². The van der Waals surface area contributed by atoms with Gasteiger partial charge in [0.15, 0.2) is 5.78 Å². The fourth-order valence-corrected chi connectivity index (χ4v) is 5.17. The molecule has 0 fully saturated rings. The van der Waals surface area contributed by atoms with Crippen LogP contribution in [0, 0.1) is 17.0 Å². The van der Waals surface area contributed by atoms with Gasteiger partial charge in [-0.05, 0) is 43.5 Å². The van der Waals surface area contributed by atoms with Gasteiger partial charge in [0.25, 0.3) is 11.2 Å². The molecule has 1 N–H and O–H groups in total. The molecule has 0 unspecified atom stereocenters. The first kappa shape index (κ1) is 26.0. The van der Waals surface area contributed by atoms with E-state index in [-0.39, 0.29) is 28.6 Å². The van der Waals surface area contributed by atoms with Crippen molar-refractivity contribution in [2.75, 3.05) is 13.1 Å². The highest BCUT2D eigenvalue weighted by Gasteiger charge is 2.30. The monoisotopic (exact) mass is 500 g/mol. The van der Waals surface area contributed by atoms with E-state index in [0.29, 0.717) is 17.8 Å². The summed E-state index contributed by atoms with van der Waals surface area (Å²) in [5.41, 5.74) is 1.12. The average Bonchev–Trinajstić information content (AvgIpc) is 3.16. The van der Waals surface area contributed by atoms with Crippen LogP contribution in [0.1, 0.15) is 54.7 Å². The molecule has 0 atom stereocenters. The maximum Gasteiger partial charge on any atom is 0.282 e. The Morgan fingerprint density at radius 2 is 1.71 bits per heavy atom. The Hall–Kier alpha value is -3.57. The molecule has 0 spiro atoms. The van der Waals surface area contributed by atoms with E-state index in [1.807, 2.05) is 32.9 Å². The van der Waals surface area contributed by atoms with E-state index in [1.165, 1.54) is 4.68 Å². The number of Topliss-reactive ketones (excluding diaryl/α,β-unsaturated/α-hetero) is 1. The Morgan fingerprint density at radius 3 is 2.23 bits per heavy atom. The maximum absolute atomic E-state index is 13.4. The summed E-state index contributed by atoms with van der Waals surface area (Å²) in [6.07, 6.45) is 0.428. The van der Waals surface area contributed by atoms with E-state index in [0.717, 1.165) is 34.1 Å². The molecule has 1 aromatic heterocycles. The average molecular weight is 501 g/mol. The van der Waals surface area contributed by atoms with Gasteiger partial charge in [-0.3, -0.25) is 24.8 Å². The summed E-state index contributed by atoms with van der Waals surface area (Å²) in [7, 11) is -4.13. The third kappa shape index (κ3) is 5.41. The van der Waals surface area contributed by atoms with E-state index in [9.17, 15) is 28.1 Å². The summed E-state index contributed by atoms with van der Waals surface area (Å²) in [5, 5.41) is 13.9. The van der Waals surface area contributed by atoms with Crippen molar-refractivity contribution in [3.63, 3.8) is 0 Å². The molecule has 3 rings (SSSR count). The molecule has 2 aromatic carbocycles. The molecule has 0 saturated heterocycles. The van der Waals surface area contributed by atoms with Crippen molar-refractivity contribution in [1.82, 2.24) is 14.1 Å². The fraction of sp³-hybridized carbons (Fsp3) is 0.333. The first-order chi connectivity index (χ1) is 16.5. The van der Waals surface area contributed by atoms with Crippen LogP contribution in [-0.2, 0) is 10.0 Å². The number of nitro groups is 1. The number of benzene rings is 2. The number of nitrogens with zero attached hydrogens (tertiary/aromatic N) is 3. The summed E-state index contributed by atoms with van der Waals surface area (Å²) in [4.78, 5) is 36.7. The van der Waals surface area contributed by atoms with Crippen molar-refractivity contribution in [3.8, 4) is 5.69 Å². The van der Waals surface area contributed by atoms with E-state index < -0.39 is 32.8 Å². The number of H-pyrrole nitrogens is 1. The topological polar surface area (TPSA) is 135 Å². The Labute approximate surface area is 203 Å². The standard InChI is InChI=1S/C24H28N4O6S/c1-5-14-26(35(33,34)20-12-10-19(11-13-20)28(31)32)15-21(29)22-23(16(2)3)25-27(24(22)30)18-8-6-17(4)7-9-18/h6-13,16,25H,5,14-15H2,1-4H3. The largest absolute Gasteiger partial charge is 0.294 e. The van der Waals surface area contributed by atoms with Crippen LogP contribution in [0.5, 0.6) is 0 Å². The normalized spacial score (nSPS) is 11.8. The highest BCUT2D eigenvalue weighted by atomic mass is 32.2. The number of ketones is 1. The second kappa shape index (κ2) is 10.4. The predicted octanol–water partition coefficient (Wildman–Crippen LogP) is 3.79. The Morgan fingerprint density at radius 1 is 1.11 bits per heavy atom. The number of carbonyl (C=O) groups excluding carboxylic acids is 1.